The Morgan fingerprint density at radius 3 is 1.42 bits per heavy atom. The van der Waals surface area contributed by atoms with Gasteiger partial charge in [-0.2, -0.15) is 0 Å². The molecule has 0 radical (unpaired) electrons. The minimum Gasteiger partial charge on any atom is -0.409 e. The van der Waals surface area contributed by atoms with Gasteiger partial charge in [0, 0.05) is 44.0 Å². The van der Waals surface area contributed by atoms with Gasteiger partial charge in [0.1, 0.15) is 0 Å². The molecule has 0 saturated carbocycles. The van der Waals surface area contributed by atoms with Gasteiger partial charge in [-0.1, -0.05) is 151 Å². The topological polar surface area (TPSA) is 27.8 Å². The Balaban J connectivity index is 0.933. The summed E-state index contributed by atoms with van der Waals surface area (Å²) in [4.78, 5) is 0. The molecule has 3 aromatic heterocycles. The number of para-hydroxylation sites is 3. The van der Waals surface area contributed by atoms with E-state index in [1.54, 1.807) is 0 Å². The first-order chi connectivity index (χ1) is 30.7. The molecule has 12 rings (SSSR count). The summed E-state index contributed by atoms with van der Waals surface area (Å²) in [5.74, 6) is 0. The van der Waals surface area contributed by atoms with Gasteiger partial charge in [-0.3, -0.25) is 4.68 Å². The van der Waals surface area contributed by atoms with Crippen LogP contribution in [0, 0.1) is 0 Å². The number of hydrogen-bond acceptors (Lipinski definition) is 0. The van der Waals surface area contributed by atoms with Gasteiger partial charge in [0.25, 0.3) is 0 Å². The monoisotopic (exact) mass is 792 g/mol. The number of fused-ring (bicyclic) bond motifs is 6. The maximum absolute atomic E-state index is 5.23. The minimum absolute atomic E-state index is 0.674. The Morgan fingerprint density at radius 2 is 0.790 bits per heavy atom. The van der Waals surface area contributed by atoms with Crippen molar-refractivity contribution in [2.24, 2.45) is 0 Å². The quantitative estimate of drug-likeness (QED) is 0.141. The highest BCUT2D eigenvalue weighted by Crippen LogP contribution is 2.39. The van der Waals surface area contributed by atoms with Crippen LogP contribution in [0.4, 0.5) is 0 Å². The zero-order valence-electron chi connectivity index (χ0n) is 33.9. The van der Waals surface area contributed by atoms with Crippen molar-refractivity contribution < 1.29 is 4.68 Å². The zero-order chi connectivity index (χ0) is 41.0. The molecule has 4 heteroatoms. The molecule has 62 heavy (non-hydrogen) atoms. The first-order valence-corrected chi connectivity index (χ1v) is 21.2. The fraction of sp³-hybridized carbons (Fsp3) is 0.0172. The minimum atomic E-state index is 0.674. The van der Waals surface area contributed by atoms with Gasteiger partial charge in [-0.05, 0) is 113 Å². The lowest BCUT2D eigenvalue weighted by molar-refractivity contribution is -0.736. The van der Waals surface area contributed by atoms with E-state index in [-0.39, 0.29) is 0 Å². The number of rotatable bonds is 8. The molecule has 12 aromatic rings. The number of benzene rings is 9. The maximum atomic E-state index is 5.23. The van der Waals surface area contributed by atoms with Crippen LogP contribution in [-0.4, -0.2) is 9.13 Å². The molecule has 3 heterocycles. The number of nitrogens with zero attached hydrogens (tertiary/aromatic N) is 4. The summed E-state index contributed by atoms with van der Waals surface area (Å²) >= 11 is 0. The van der Waals surface area contributed by atoms with Gasteiger partial charge in [0.05, 0.1) is 22.1 Å². The van der Waals surface area contributed by atoms with Crippen LogP contribution in [0.15, 0.2) is 231 Å². The van der Waals surface area contributed by atoms with Gasteiger partial charge in [0.2, 0.25) is 5.69 Å². The standard InChI is InChI=1S/C58H40N4/c1-4-15-40(16-5-1)39-60-58(38-53(59-60)46-20-14-19-43(35-46)41-17-6-2-7-18-41)42-27-31-48(32-28-42)62-55-26-13-11-24-50(55)52-37-45(30-34-57(52)62)44-29-33-56-51(36-44)49-23-10-12-25-54(49)61(56)47-21-8-3-9-22-47/h1-38H,39H2. The molecule has 0 atom stereocenters. The van der Waals surface area contributed by atoms with Crippen LogP contribution in [-0.2, 0) is 6.54 Å². The van der Waals surface area contributed by atoms with E-state index in [0.29, 0.717) is 6.54 Å². The lowest BCUT2D eigenvalue weighted by Crippen LogP contribution is -2.40. The van der Waals surface area contributed by atoms with Crippen molar-refractivity contribution in [1.82, 2.24) is 14.2 Å². The molecule has 0 aliphatic carbocycles. The van der Waals surface area contributed by atoms with Gasteiger partial charge >= 0.3 is 0 Å². The van der Waals surface area contributed by atoms with Crippen LogP contribution < -0.4 is 9.78 Å². The van der Waals surface area contributed by atoms with E-state index in [2.05, 4.69) is 244 Å². The van der Waals surface area contributed by atoms with Crippen molar-refractivity contribution in [2.75, 3.05) is 0 Å². The molecule has 0 aliphatic rings. The SMILES string of the molecule is c1ccc(C[n+]2[n-]c(-c3cccc(-c4ccccc4)c3)cc2-c2ccc(-n3c4ccccc4c4cc(-c5ccc6c(c5)c5ccccc5n6-c5ccccc5)ccc43)cc2)cc1. The molecule has 0 unspecified atom stereocenters. The second-order valence-corrected chi connectivity index (χ2v) is 16.1. The van der Waals surface area contributed by atoms with Crippen LogP contribution in [0.25, 0.3) is 99.8 Å². The van der Waals surface area contributed by atoms with Crippen molar-refractivity contribution in [2.45, 2.75) is 6.54 Å². The smallest absolute Gasteiger partial charge is 0.202 e. The van der Waals surface area contributed by atoms with Crippen LogP contribution in [0.1, 0.15) is 5.56 Å². The largest absolute Gasteiger partial charge is 0.409 e. The third-order valence-electron chi connectivity index (χ3n) is 12.3. The molecule has 9 aromatic carbocycles. The average molecular weight is 793 g/mol. The van der Waals surface area contributed by atoms with Gasteiger partial charge in [0.15, 0.2) is 6.54 Å². The summed E-state index contributed by atoms with van der Waals surface area (Å²) in [6.45, 7) is 0.674. The Hall–Kier alpha value is -8.21. The molecule has 4 nitrogen and oxygen atoms in total. The van der Waals surface area contributed by atoms with Crippen LogP contribution in [0.3, 0.4) is 0 Å². The molecule has 0 amide bonds. The zero-order valence-corrected chi connectivity index (χ0v) is 33.9. The first-order valence-electron chi connectivity index (χ1n) is 21.2. The van der Waals surface area contributed by atoms with Crippen LogP contribution >= 0.6 is 0 Å². The molecule has 0 saturated heterocycles. The Kier molecular flexibility index (Phi) is 8.53. The van der Waals surface area contributed by atoms with E-state index in [1.807, 2.05) is 0 Å². The maximum Gasteiger partial charge on any atom is 0.202 e. The molecular formula is C58H40N4. The molecule has 0 spiro atoms. The molecule has 0 aliphatic heterocycles. The average Bonchev–Trinajstić information content (AvgIpc) is 4.02. The van der Waals surface area contributed by atoms with Crippen molar-refractivity contribution in [3.05, 3.63) is 236 Å². The molecular weight excluding hydrogens is 753 g/mol. The molecule has 0 N–H and O–H groups in total. The van der Waals surface area contributed by atoms with Crippen molar-refractivity contribution in [1.29, 1.82) is 0 Å². The van der Waals surface area contributed by atoms with E-state index < -0.39 is 0 Å². The highest BCUT2D eigenvalue weighted by Gasteiger charge is 2.18. The highest BCUT2D eigenvalue weighted by atomic mass is 15.3. The van der Waals surface area contributed by atoms with E-state index in [1.165, 1.54) is 77.1 Å². The van der Waals surface area contributed by atoms with Gasteiger partial charge in [-0.25, -0.2) is 0 Å². The lowest BCUT2D eigenvalue weighted by Gasteiger charge is -2.10. The van der Waals surface area contributed by atoms with Crippen LogP contribution in [0.5, 0.6) is 0 Å². The lowest BCUT2D eigenvalue weighted by atomic mass is 10.0. The molecule has 0 fully saturated rings. The summed E-state index contributed by atoms with van der Waals surface area (Å²) in [5.41, 5.74) is 17.3. The fourth-order valence-corrected chi connectivity index (χ4v) is 9.38. The summed E-state index contributed by atoms with van der Waals surface area (Å²) in [6.07, 6.45) is 0. The molecule has 0 bridgehead atoms. The predicted molar refractivity (Wildman–Crippen MR) is 256 cm³/mol. The van der Waals surface area contributed by atoms with Crippen molar-refractivity contribution in [3.63, 3.8) is 0 Å². The van der Waals surface area contributed by atoms with Gasteiger partial charge in [-0.15, -0.1) is 0 Å². The third-order valence-corrected chi connectivity index (χ3v) is 12.3. The summed E-state index contributed by atoms with van der Waals surface area (Å²) < 4.78 is 6.92. The summed E-state index contributed by atoms with van der Waals surface area (Å²) in [6, 6.07) is 83.1. The fourth-order valence-electron chi connectivity index (χ4n) is 9.38. The highest BCUT2D eigenvalue weighted by molar-refractivity contribution is 6.12. The predicted octanol–water partition coefficient (Wildman–Crippen LogP) is 13.8. The second-order valence-electron chi connectivity index (χ2n) is 16.1. The van der Waals surface area contributed by atoms with E-state index >= 15 is 0 Å². The Labute approximate surface area is 359 Å². The third kappa shape index (κ3) is 6.12. The Morgan fingerprint density at radius 1 is 0.323 bits per heavy atom. The Bertz CT molecular complexity index is 3580. The van der Waals surface area contributed by atoms with Crippen molar-refractivity contribution in [3.8, 4) is 56.1 Å². The van der Waals surface area contributed by atoms with Gasteiger partial charge < -0.3 is 14.2 Å². The number of hydrogen-bond donors (Lipinski definition) is 0. The van der Waals surface area contributed by atoms with E-state index in [4.69, 9.17) is 5.10 Å². The second kappa shape index (κ2) is 14.8. The summed E-state index contributed by atoms with van der Waals surface area (Å²) in [7, 11) is 0. The first kappa shape index (κ1) is 35.7. The van der Waals surface area contributed by atoms with Crippen molar-refractivity contribution >= 4 is 43.6 Å². The van der Waals surface area contributed by atoms with E-state index in [9.17, 15) is 0 Å². The normalized spacial score (nSPS) is 11.6. The van der Waals surface area contributed by atoms with Crippen LogP contribution in [0.2, 0.25) is 0 Å². The summed E-state index contributed by atoms with van der Waals surface area (Å²) in [5, 5.41) is 10.2. The molecule has 292 valence electrons. The number of aromatic nitrogens is 4. The van der Waals surface area contributed by atoms with E-state index in [0.717, 1.165) is 28.2 Å².